The Morgan fingerprint density at radius 2 is 1.94 bits per heavy atom. The molecule has 4 N–H and O–H groups in total. The summed E-state index contributed by atoms with van der Waals surface area (Å²) in [6.45, 7) is -1.23. The Kier molecular flexibility index (Phi) is 4.55. The Morgan fingerprint density at radius 1 is 1.33 bits per heavy atom. The number of rotatable bonds is 5. The standard InChI is InChI=1S/C11H13F3N2O2/c12-11(13,14)7(5-15)6-18-9-4-2-1-3-8(9)10(16)17/h1-4,7H,5-6,15H2,(H2,16,17). The highest BCUT2D eigenvalue weighted by Crippen LogP contribution is 2.27. The molecular weight excluding hydrogens is 249 g/mol. The van der Waals surface area contributed by atoms with E-state index in [-0.39, 0.29) is 11.3 Å². The van der Waals surface area contributed by atoms with E-state index in [1.807, 2.05) is 0 Å². The van der Waals surface area contributed by atoms with Gasteiger partial charge in [0.1, 0.15) is 18.3 Å². The average molecular weight is 262 g/mol. The van der Waals surface area contributed by atoms with Gasteiger partial charge in [0.05, 0.1) is 5.56 Å². The summed E-state index contributed by atoms with van der Waals surface area (Å²) < 4.78 is 42.3. The zero-order chi connectivity index (χ0) is 13.8. The van der Waals surface area contributed by atoms with E-state index in [0.29, 0.717) is 0 Å². The summed E-state index contributed by atoms with van der Waals surface area (Å²) in [6, 6.07) is 5.83. The smallest absolute Gasteiger partial charge is 0.396 e. The number of hydrogen-bond acceptors (Lipinski definition) is 3. The van der Waals surface area contributed by atoms with E-state index in [4.69, 9.17) is 16.2 Å². The lowest BCUT2D eigenvalue weighted by Crippen LogP contribution is -2.35. The number of amides is 1. The molecule has 1 amide bonds. The summed E-state index contributed by atoms with van der Waals surface area (Å²) in [5.41, 5.74) is 10.1. The van der Waals surface area contributed by atoms with Gasteiger partial charge in [-0.15, -0.1) is 0 Å². The van der Waals surface area contributed by atoms with Gasteiger partial charge in [-0.05, 0) is 12.1 Å². The molecule has 18 heavy (non-hydrogen) atoms. The molecule has 0 radical (unpaired) electrons. The van der Waals surface area contributed by atoms with Gasteiger partial charge in [-0.3, -0.25) is 4.79 Å². The van der Waals surface area contributed by atoms with E-state index < -0.39 is 31.2 Å². The normalized spacial score (nSPS) is 13.1. The van der Waals surface area contributed by atoms with Crippen LogP contribution in [0.25, 0.3) is 0 Å². The van der Waals surface area contributed by atoms with E-state index in [0.717, 1.165) is 0 Å². The Bertz CT molecular complexity index is 421. The third-order valence-electron chi connectivity index (χ3n) is 2.34. The summed E-state index contributed by atoms with van der Waals surface area (Å²) in [5, 5.41) is 0. The first-order chi connectivity index (χ1) is 8.36. The predicted molar refractivity (Wildman–Crippen MR) is 59.1 cm³/mol. The molecule has 0 fully saturated rings. The van der Waals surface area contributed by atoms with Crippen LogP contribution in [0.3, 0.4) is 0 Å². The van der Waals surface area contributed by atoms with Gasteiger partial charge in [0.15, 0.2) is 0 Å². The Morgan fingerprint density at radius 3 is 2.44 bits per heavy atom. The lowest BCUT2D eigenvalue weighted by molar-refractivity contribution is -0.178. The fourth-order valence-corrected chi connectivity index (χ4v) is 1.28. The number of ether oxygens (including phenoxy) is 1. The van der Waals surface area contributed by atoms with Gasteiger partial charge in [-0.1, -0.05) is 12.1 Å². The summed E-state index contributed by atoms with van der Waals surface area (Å²) in [5.74, 6) is -2.52. The van der Waals surface area contributed by atoms with E-state index in [1.165, 1.54) is 24.3 Å². The fourth-order valence-electron chi connectivity index (χ4n) is 1.28. The molecular formula is C11H13F3N2O2. The van der Waals surface area contributed by atoms with E-state index in [2.05, 4.69) is 0 Å². The van der Waals surface area contributed by atoms with Gasteiger partial charge in [0, 0.05) is 6.54 Å². The van der Waals surface area contributed by atoms with E-state index in [9.17, 15) is 18.0 Å². The van der Waals surface area contributed by atoms with Crippen molar-refractivity contribution >= 4 is 5.91 Å². The quantitative estimate of drug-likeness (QED) is 0.839. The Labute approximate surface area is 102 Å². The lowest BCUT2D eigenvalue weighted by atomic mass is 10.1. The molecule has 1 aromatic carbocycles. The number of benzene rings is 1. The molecule has 0 saturated heterocycles. The summed E-state index contributed by atoms with van der Waals surface area (Å²) >= 11 is 0. The highest BCUT2D eigenvalue weighted by atomic mass is 19.4. The lowest BCUT2D eigenvalue weighted by Gasteiger charge is -2.19. The fraction of sp³-hybridized carbons (Fsp3) is 0.364. The van der Waals surface area contributed by atoms with Crippen molar-refractivity contribution in [2.24, 2.45) is 17.4 Å². The van der Waals surface area contributed by atoms with Crippen LogP contribution in [0.15, 0.2) is 24.3 Å². The SMILES string of the molecule is NCC(COc1ccccc1C(N)=O)C(F)(F)F. The second-order valence-electron chi connectivity index (χ2n) is 3.65. The van der Waals surface area contributed by atoms with Gasteiger partial charge in [-0.25, -0.2) is 0 Å². The van der Waals surface area contributed by atoms with Crippen LogP contribution in [0, 0.1) is 5.92 Å². The number of primary amides is 1. The minimum Gasteiger partial charge on any atom is -0.492 e. The van der Waals surface area contributed by atoms with Crippen molar-refractivity contribution in [3.8, 4) is 5.75 Å². The highest BCUT2D eigenvalue weighted by Gasteiger charge is 2.39. The van der Waals surface area contributed by atoms with Gasteiger partial charge in [0.25, 0.3) is 5.91 Å². The van der Waals surface area contributed by atoms with Crippen molar-refractivity contribution in [1.82, 2.24) is 0 Å². The van der Waals surface area contributed by atoms with Crippen LogP contribution < -0.4 is 16.2 Å². The second-order valence-corrected chi connectivity index (χ2v) is 3.65. The molecule has 0 aliphatic rings. The molecule has 0 aliphatic heterocycles. The zero-order valence-electron chi connectivity index (χ0n) is 9.41. The van der Waals surface area contributed by atoms with Gasteiger partial charge < -0.3 is 16.2 Å². The number of hydrogen-bond donors (Lipinski definition) is 2. The van der Waals surface area contributed by atoms with Gasteiger partial charge in [0.2, 0.25) is 0 Å². The van der Waals surface area contributed by atoms with Crippen LogP contribution >= 0.6 is 0 Å². The summed E-state index contributed by atoms with van der Waals surface area (Å²) in [7, 11) is 0. The Hall–Kier alpha value is -1.76. The molecule has 0 spiro atoms. The third-order valence-corrected chi connectivity index (χ3v) is 2.34. The number of carbonyl (C=O) groups excluding carboxylic acids is 1. The summed E-state index contributed by atoms with van der Waals surface area (Å²) in [6.07, 6.45) is -4.43. The van der Waals surface area contributed by atoms with Crippen molar-refractivity contribution in [3.63, 3.8) is 0 Å². The molecule has 0 aliphatic carbocycles. The maximum absolute atomic E-state index is 12.4. The molecule has 0 heterocycles. The van der Waals surface area contributed by atoms with Crippen molar-refractivity contribution in [2.75, 3.05) is 13.2 Å². The number of halogens is 3. The van der Waals surface area contributed by atoms with Crippen molar-refractivity contribution < 1.29 is 22.7 Å². The topological polar surface area (TPSA) is 78.3 Å². The molecule has 7 heteroatoms. The van der Waals surface area contributed by atoms with Crippen LogP contribution in [0.2, 0.25) is 0 Å². The minimum absolute atomic E-state index is 0.0210. The molecule has 1 unspecified atom stereocenters. The molecule has 1 rings (SSSR count). The first-order valence-electron chi connectivity index (χ1n) is 5.14. The predicted octanol–water partition coefficient (Wildman–Crippen LogP) is 1.30. The first kappa shape index (κ1) is 14.3. The highest BCUT2D eigenvalue weighted by molar-refractivity contribution is 5.95. The van der Waals surface area contributed by atoms with Gasteiger partial charge >= 0.3 is 6.18 Å². The van der Waals surface area contributed by atoms with E-state index >= 15 is 0 Å². The molecule has 0 bridgehead atoms. The second kappa shape index (κ2) is 5.72. The maximum atomic E-state index is 12.4. The summed E-state index contributed by atoms with van der Waals surface area (Å²) in [4.78, 5) is 11.0. The third kappa shape index (κ3) is 3.63. The molecule has 4 nitrogen and oxygen atoms in total. The van der Waals surface area contributed by atoms with Crippen LogP contribution in [0.1, 0.15) is 10.4 Å². The zero-order valence-corrected chi connectivity index (χ0v) is 9.41. The molecule has 1 atom stereocenters. The number of para-hydroxylation sites is 1. The number of nitrogens with two attached hydrogens (primary N) is 2. The average Bonchev–Trinajstić information content (AvgIpc) is 2.28. The van der Waals surface area contributed by atoms with Crippen molar-refractivity contribution in [1.29, 1.82) is 0 Å². The molecule has 100 valence electrons. The van der Waals surface area contributed by atoms with Gasteiger partial charge in [-0.2, -0.15) is 13.2 Å². The van der Waals surface area contributed by atoms with Crippen LogP contribution in [0.4, 0.5) is 13.2 Å². The number of carbonyl (C=O) groups is 1. The molecule has 1 aromatic rings. The monoisotopic (exact) mass is 262 g/mol. The molecule has 0 saturated carbocycles. The van der Waals surface area contributed by atoms with Crippen LogP contribution in [-0.2, 0) is 0 Å². The molecule has 0 aromatic heterocycles. The Balaban J connectivity index is 2.77. The maximum Gasteiger partial charge on any atom is 0.396 e. The first-order valence-corrected chi connectivity index (χ1v) is 5.14. The minimum atomic E-state index is -4.43. The largest absolute Gasteiger partial charge is 0.492 e. The van der Waals surface area contributed by atoms with Crippen LogP contribution in [0.5, 0.6) is 5.75 Å². The number of alkyl halides is 3. The van der Waals surface area contributed by atoms with E-state index in [1.54, 1.807) is 0 Å². The van der Waals surface area contributed by atoms with Crippen molar-refractivity contribution in [2.45, 2.75) is 6.18 Å². The van der Waals surface area contributed by atoms with Crippen molar-refractivity contribution in [3.05, 3.63) is 29.8 Å². The van der Waals surface area contributed by atoms with Crippen LogP contribution in [-0.4, -0.2) is 25.2 Å².